The number of rotatable bonds is 3. The van der Waals surface area contributed by atoms with Crippen LogP contribution in [0.1, 0.15) is 25.0 Å². The smallest absolute Gasteiger partial charge is 0.234 e. The lowest BCUT2D eigenvalue weighted by molar-refractivity contribution is -0.121. The van der Waals surface area contributed by atoms with Crippen LogP contribution in [0, 0.1) is 3.57 Å². The highest BCUT2D eigenvalue weighted by Gasteiger charge is 2.48. The van der Waals surface area contributed by atoms with Crippen molar-refractivity contribution in [1.29, 1.82) is 0 Å². The Labute approximate surface area is 112 Å². The first kappa shape index (κ1) is 12.1. The van der Waals surface area contributed by atoms with Crippen LogP contribution in [0.15, 0.2) is 12.3 Å². The van der Waals surface area contributed by atoms with Gasteiger partial charge in [-0.05, 0) is 41.5 Å². The molecule has 1 aromatic heterocycles. The molecule has 0 spiro atoms. The first-order chi connectivity index (χ1) is 7.59. The number of nitrogens with two attached hydrogens (primary N) is 1. The molecule has 0 atom stereocenters. The highest BCUT2D eigenvalue weighted by atomic mass is 127. The average Bonchev–Trinajstić information content (AvgIpc) is 3.02. The van der Waals surface area contributed by atoms with E-state index in [1.807, 2.05) is 0 Å². The van der Waals surface area contributed by atoms with Crippen LogP contribution in [0.25, 0.3) is 0 Å². The molecular weight excluding hydrogens is 340 g/mol. The van der Waals surface area contributed by atoms with Crippen LogP contribution in [0.4, 0.5) is 0 Å². The Kier molecular flexibility index (Phi) is 3.37. The van der Waals surface area contributed by atoms with E-state index in [9.17, 15) is 4.79 Å². The number of pyridine rings is 1. The predicted octanol–water partition coefficient (Wildman–Crippen LogP) is 1.75. The fourth-order valence-electron chi connectivity index (χ4n) is 1.80. The van der Waals surface area contributed by atoms with E-state index in [1.165, 1.54) is 0 Å². The summed E-state index contributed by atoms with van der Waals surface area (Å²) in [5.41, 5.74) is 2.94. The molecule has 4 nitrogen and oxygen atoms in total. The molecule has 1 aromatic rings. The number of hydrazine groups is 1. The molecular formula is C10H11ClIN3O. The maximum absolute atomic E-state index is 11.3. The van der Waals surface area contributed by atoms with Gasteiger partial charge in [0.1, 0.15) is 0 Å². The van der Waals surface area contributed by atoms with Gasteiger partial charge in [0, 0.05) is 18.0 Å². The Morgan fingerprint density at radius 2 is 2.38 bits per heavy atom. The van der Waals surface area contributed by atoms with Crippen LogP contribution in [-0.4, -0.2) is 10.9 Å². The van der Waals surface area contributed by atoms with Crippen LogP contribution in [-0.2, 0) is 10.2 Å². The van der Waals surface area contributed by atoms with Gasteiger partial charge in [0.25, 0.3) is 0 Å². The molecule has 1 aliphatic carbocycles. The summed E-state index contributed by atoms with van der Waals surface area (Å²) in [6.07, 6.45) is 3.99. The Morgan fingerprint density at radius 3 is 2.94 bits per heavy atom. The second kappa shape index (κ2) is 4.46. The monoisotopic (exact) mass is 351 g/mol. The normalized spacial score (nSPS) is 16.9. The van der Waals surface area contributed by atoms with Crippen LogP contribution in [0.5, 0.6) is 0 Å². The zero-order chi connectivity index (χ0) is 11.8. The quantitative estimate of drug-likeness (QED) is 0.377. The van der Waals surface area contributed by atoms with Crippen LogP contribution < -0.4 is 11.3 Å². The Morgan fingerprint density at radius 1 is 1.69 bits per heavy atom. The molecule has 0 aliphatic heterocycles. The molecule has 0 radical (unpaired) electrons. The number of halogens is 2. The number of carbonyl (C=O) groups excluding carboxylic acids is 1. The lowest BCUT2D eigenvalue weighted by atomic mass is 9.97. The van der Waals surface area contributed by atoms with Crippen molar-refractivity contribution in [2.75, 3.05) is 0 Å². The van der Waals surface area contributed by atoms with E-state index in [4.69, 9.17) is 17.4 Å². The van der Waals surface area contributed by atoms with Crippen molar-refractivity contribution in [2.45, 2.75) is 24.7 Å². The van der Waals surface area contributed by atoms with Crippen molar-refractivity contribution in [3.63, 3.8) is 0 Å². The van der Waals surface area contributed by atoms with Gasteiger partial charge in [-0.15, -0.1) is 0 Å². The van der Waals surface area contributed by atoms with Gasteiger partial charge in [-0.25, -0.2) is 5.84 Å². The van der Waals surface area contributed by atoms with Gasteiger partial charge in [-0.3, -0.25) is 15.2 Å². The minimum Gasteiger partial charge on any atom is -0.294 e. The van der Waals surface area contributed by atoms with Crippen LogP contribution >= 0.6 is 34.2 Å². The summed E-state index contributed by atoms with van der Waals surface area (Å²) in [5.74, 6) is 4.95. The van der Waals surface area contributed by atoms with Gasteiger partial charge < -0.3 is 0 Å². The lowest BCUT2D eigenvalue weighted by Crippen LogP contribution is -2.33. The Hall–Kier alpha value is -0.400. The molecule has 0 saturated heterocycles. The summed E-state index contributed by atoms with van der Waals surface area (Å²) in [6, 6.07) is 1.76. The summed E-state index contributed by atoms with van der Waals surface area (Å²) in [7, 11) is 0. The third kappa shape index (κ3) is 2.16. The van der Waals surface area contributed by atoms with Crippen molar-refractivity contribution in [1.82, 2.24) is 10.4 Å². The third-order valence-corrected chi connectivity index (χ3v) is 4.58. The summed E-state index contributed by atoms with van der Waals surface area (Å²) in [5, 5.41) is 0.685. The van der Waals surface area contributed by atoms with Crippen molar-refractivity contribution < 1.29 is 4.79 Å². The van der Waals surface area contributed by atoms with E-state index >= 15 is 0 Å². The summed E-state index contributed by atoms with van der Waals surface area (Å²) >= 11 is 8.22. The highest BCUT2D eigenvalue weighted by molar-refractivity contribution is 14.1. The molecule has 86 valence electrons. The van der Waals surface area contributed by atoms with E-state index < -0.39 is 0 Å². The second-order valence-electron chi connectivity index (χ2n) is 3.98. The molecule has 2 rings (SSSR count). The van der Waals surface area contributed by atoms with E-state index in [0.29, 0.717) is 11.4 Å². The fourth-order valence-corrected chi connectivity index (χ4v) is 2.83. The molecule has 1 amide bonds. The number of hydrogen-bond acceptors (Lipinski definition) is 3. The highest BCUT2D eigenvalue weighted by Crippen LogP contribution is 2.52. The van der Waals surface area contributed by atoms with Gasteiger partial charge in [-0.2, -0.15) is 0 Å². The molecule has 6 heteroatoms. The van der Waals surface area contributed by atoms with E-state index in [-0.39, 0.29) is 11.3 Å². The average molecular weight is 352 g/mol. The molecule has 3 N–H and O–H groups in total. The molecule has 1 fully saturated rings. The minimum absolute atomic E-state index is 0.148. The van der Waals surface area contributed by atoms with E-state index in [0.717, 1.165) is 22.1 Å². The standard InChI is InChI=1S/C10H11ClIN3O/c11-6-1-4-14-9(8(6)12)10(2-3-10)5-7(16)15-13/h1,4H,2-3,5,13H2,(H,15,16). The lowest BCUT2D eigenvalue weighted by Gasteiger charge is -2.15. The minimum atomic E-state index is -0.157. The van der Waals surface area contributed by atoms with Gasteiger partial charge in [0.05, 0.1) is 14.3 Å². The number of amides is 1. The zero-order valence-electron chi connectivity index (χ0n) is 8.46. The van der Waals surface area contributed by atoms with Crippen LogP contribution in [0.3, 0.4) is 0 Å². The topological polar surface area (TPSA) is 68.0 Å². The Balaban J connectivity index is 2.30. The molecule has 0 aromatic carbocycles. The number of nitrogens with zero attached hydrogens (tertiary/aromatic N) is 1. The maximum atomic E-state index is 11.3. The summed E-state index contributed by atoms with van der Waals surface area (Å²) < 4.78 is 0.934. The molecule has 0 unspecified atom stereocenters. The largest absolute Gasteiger partial charge is 0.294 e. The molecule has 0 bridgehead atoms. The Bertz CT molecular complexity index is 434. The number of hydrogen-bond donors (Lipinski definition) is 2. The van der Waals surface area contributed by atoms with Crippen molar-refractivity contribution in [3.05, 3.63) is 26.5 Å². The second-order valence-corrected chi connectivity index (χ2v) is 5.47. The van der Waals surface area contributed by atoms with Gasteiger partial charge in [0.15, 0.2) is 0 Å². The van der Waals surface area contributed by atoms with Gasteiger partial charge in [-0.1, -0.05) is 11.6 Å². The SMILES string of the molecule is NNC(=O)CC1(c2nccc(Cl)c2I)CC1. The van der Waals surface area contributed by atoms with Crippen molar-refractivity contribution >= 4 is 40.1 Å². The van der Waals surface area contributed by atoms with Crippen molar-refractivity contribution in [3.8, 4) is 0 Å². The first-order valence-corrected chi connectivity index (χ1v) is 6.35. The maximum Gasteiger partial charge on any atom is 0.234 e. The molecule has 1 heterocycles. The summed E-state index contributed by atoms with van der Waals surface area (Å²) in [4.78, 5) is 15.7. The third-order valence-electron chi connectivity index (χ3n) is 2.86. The molecule has 16 heavy (non-hydrogen) atoms. The van der Waals surface area contributed by atoms with Gasteiger partial charge in [0.2, 0.25) is 5.91 Å². The predicted molar refractivity (Wildman–Crippen MR) is 69.8 cm³/mol. The van der Waals surface area contributed by atoms with Crippen molar-refractivity contribution in [2.24, 2.45) is 5.84 Å². The summed E-state index contributed by atoms with van der Waals surface area (Å²) in [6.45, 7) is 0. The first-order valence-electron chi connectivity index (χ1n) is 4.89. The fraction of sp³-hybridized carbons (Fsp3) is 0.400. The van der Waals surface area contributed by atoms with E-state index in [2.05, 4.69) is 33.0 Å². The molecule has 1 aliphatic rings. The number of carbonyl (C=O) groups is 1. The van der Waals surface area contributed by atoms with Gasteiger partial charge >= 0.3 is 0 Å². The number of aromatic nitrogens is 1. The van der Waals surface area contributed by atoms with Crippen LogP contribution in [0.2, 0.25) is 5.02 Å². The van der Waals surface area contributed by atoms with E-state index in [1.54, 1.807) is 12.3 Å². The molecule has 1 saturated carbocycles. The number of nitrogens with one attached hydrogen (secondary N) is 1. The zero-order valence-corrected chi connectivity index (χ0v) is 11.4.